The number of benzene rings is 4. The molecule has 0 aliphatic carbocycles. The summed E-state index contributed by atoms with van der Waals surface area (Å²) in [6.45, 7) is 13.6. The van der Waals surface area contributed by atoms with Crippen LogP contribution in [0.15, 0.2) is 109 Å². The summed E-state index contributed by atoms with van der Waals surface area (Å²) in [5, 5.41) is 0. The zero-order chi connectivity index (χ0) is 25.5. The SMILES string of the molecule is C[CH](C)[Sn][CH](C)C.Cc1ccc([As]c2ccc(C)cc2)cc1.c1cc[c]([Bi][c]2ccccc2)cc1. The first kappa shape index (κ1) is 30.3. The van der Waals surface area contributed by atoms with Gasteiger partial charge in [-0.3, -0.25) is 0 Å². The number of aryl methyl sites for hydroxylation is 2. The van der Waals surface area contributed by atoms with Crippen LogP contribution in [0.5, 0.6) is 0 Å². The minimum atomic E-state index is -0.613. The molecule has 4 rings (SSSR count). The third-order valence-corrected chi connectivity index (χ3v) is 15.2. The average molecular weight is 825 g/mol. The summed E-state index contributed by atoms with van der Waals surface area (Å²) in [5.41, 5.74) is 2.67. The molecule has 35 heavy (non-hydrogen) atoms. The van der Waals surface area contributed by atoms with Crippen LogP contribution in [0.25, 0.3) is 0 Å². The quantitative estimate of drug-likeness (QED) is 0.221. The second-order valence-electron chi connectivity index (χ2n) is 9.04. The Bertz CT molecular complexity index is 973. The monoisotopic (exact) mass is 826 g/mol. The van der Waals surface area contributed by atoms with Crippen LogP contribution in [0.4, 0.5) is 0 Å². The molecule has 0 spiro atoms. The first-order chi connectivity index (χ1) is 16.8. The third kappa shape index (κ3) is 14.4. The van der Waals surface area contributed by atoms with Crippen molar-refractivity contribution in [1.29, 1.82) is 0 Å². The van der Waals surface area contributed by atoms with Gasteiger partial charge in [-0.25, -0.2) is 0 Å². The summed E-state index contributed by atoms with van der Waals surface area (Å²) >= 11 is -0.420. The van der Waals surface area contributed by atoms with Gasteiger partial charge in [0.25, 0.3) is 0 Å². The van der Waals surface area contributed by atoms with Crippen molar-refractivity contribution in [2.24, 2.45) is 0 Å². The molecule has 0 aliphatic rings. The minimum absolute atomic E-state index is 0.0389. The zero-order valence-corrected chi connectivity index (χ0v) is 30.1. The topological polar surface area (TPSA) is 0 Å². The normalized spacial score (nSPS) is 10.3. The standard InChI is InChI=1S/C14H14As.2C6H5.2C3H7.Bi.Sn/c1-11-3-7-13(8-4-11)15-14-9-5-12(2)6-10-14;2*1-2-4-6-5-3-1;2*1-3-2;;/h3-10H,1-2H3;2*1-5H;2*3H,1-2H3;;. The molecule has 4 radical (unpaired) electrons. The maximum atomic E-state index is 2.34. The molecule has 0 saturated carbocycles. The summed E-state index contributed by atoms with van der Waals surface area (Å²) in [7, 11) is 0. The van der Waals surface area contributed by atoms with Gasteiger partial charge in [0.05, 0.1) is 0 Å². The molecule has 0 amide bonds. The molecule has 0 heterocycles. The predicted molar refractivity (Wildman–Crippen MR) is 161 cm³/mol. The van der Waals surface area contributed by atoms with Crippen molar-refractivity contribution < 1.29 is 0 Å². The van der Waals surface area contributed by atoms with Gasteiger partial charge in [0.2, 0.25) is 0 Å². The Labute approximate surface area is 242 Å². The summed E-state index contributed by atoms with van der Waals surface area (Å²) < 4.78 is 8.14. The van der Waals surface area contributed by atoms with E-state index in [2.05, 4.69) is 151 Å². The van der Waals surface area contributed by atoms with Gasteiger partial charge in [0.15, 0.2) is 0 Å². The number of hydrogen-bond acceptors (Lipinski definition) is 0. The van der Waals surface area contributed by atoms with Crippen molar-refractivity contribution in [3.63, 3.8) is 0 Å². The van der Waals surface area contributed by atoms with Gasteiger partial charge in [-0.05, 0) is 0 Å². The fourth-order valence-electron chi connectivity index (χ4n) is 3.21. The van der Waals surface area contributed by atoms with Gasteiger partial charge in [0, 0.05) is 0 Å². The zero-order valence-electron chi connectivity index (χ0n) is 21.9. The fourth-order valence-corrected chi connectivity index (χ4v) is 12.5. The van der Waals surface area contributed by atoms with Gasteiger partial charge in [-0.15, -0.1) is 0 Å². The second kappa shape index (κ2) is 17.6. The molecule has 0 aliphatic heterocycles. The molecular weight excluding hydrogens is 787 g/mol. The van der Waals surface area contributed by atoms with E-state index in [1.54, 1.807) is 6.54 Å². The van der Waals surface area contributed by atoms with Crippen LogP contribution < -0.4 is 15.2 Å². The molecule has 3 heteroatoms. The van der Waals surface area contributed by atoms with Crippen LogP contribution in [-0.4, -0.2) is 60.1 Å². The van der Waals surface area contributed by atoms with Gasteiger partial charge >= 0.3 is 245 Å². The molecule has 180 valence electrons. The van der Waals surface area contributed by atoms with E-state index in [1.807, 2.05) is 0 Å². The Morgan fingerprint density at radius 3 is 1.14 bits per heavy atom. The molecule has 0 fully saturated rings. The molecular formula is C32H38AsBiSn. The van der Waals surface area contributed by atoms with E-state index in [-0.39, 0.29) is 36.9 Å². The molecule has 0 N–H and O–H groups in total. The van der Waals surface area contributed by atoms with Crippen LogP contribution in [-0.2, 0) is 0 Å². The van der Waals surface area contributed by atoms with Crippen LogP contribution in [0.2, 0.25) is 7.87 Å². The summed E-state index contributed by atoms with van der Waals surface area (Å²) in [5.74, 6) is 0. The van der Waals surface area contributed by atoms with Gasteiger partial charge in [-0.1, -0.05) is 0 Å². The van der Waals surface area contributed by atoms with E-state index in [0.29, 0.717) is 0 Å². The average Bonchev–Trinajstić information content (AvgIpc) is 2.83. The Balaban J connectivity index is 0.000000198. The summed E-state index contributed by atoms with van der Waals surface area (Å²) in [6, 6.07) is 39.4. The van der Waals surface area contributed by atoms with Crippen LogP contribution in [0, 0.1) is 13.8 Å². The Kier molecular flexibility index (Phi) is 15.2. The van der Waals surface area contributed by atoms with Crippen molar-refractivity contribution in [3.05, 3.63) is 120 Å². The molecule has 0 saturated heterocycles. The molecule has 4 aromatic carbocycles. The predicted octanol–water partition coefficient (Wildman–Crippen LogP) is 5.65. The summed E-state index contributed by atoms with van der Waals surface area (Å²) in [4.78, 5) is 0. The van der Waals surface area contributed by atoms with Gasteiger partial charge < -0.3 is 0 Å². The van der Waals surface area contributed by atoms with E-state index in [4.69, 9.17) is 0 Å². The van der Waals surface area contributed by atoms with Gasteiger partial charge in [0.1, 0.15) is 0 Å². The molecule has 0 atom stereocenters. The molecule has 4 aromatic rings. The second-order valence-corrected chi connectivity index (χ2v) is 24.1. The van der Waals surface area contributed by atoms with Crippen molar-refractivity contribution in [3.8, 4) is 0 Å². The van der Waals surface area contributed by atoms with Crippen molar-refractivity contribution in [1.82, 2.24) is 0 Å². The van der Waals surface area contributed by atoms with Crippen molar-refractivity contribution >= 4 is 75.4 Å². The Morgan fingerprint density at radius 2 is 0.857 bits per heavy atom. The maximum absolute atomic E-state index is 2.34. The third-order valence-electron chi connectivity index (χ3n) is 4.76. The number of hydrogen-bond donors (Lipinski definition) is 0. The molecule has 0 aromatic heterocycles. The van der Waals surface area contributed by atoms with Crippen molar-refractivity contribution in [2.45, 2.75) is 49.4 Å². The van der Waals surface area contributed by atoms with E-state index < -0.39 is 23.2 Å². The molecule has 0 bridgehead atoms. The van der Waals surface area contributed by atoms with Crippen molar-refractivity contribution in [2.75, 3.05) is 0 Å². The van der Waals surface area contributed by atoms with E-state index >= 15 is 0 Å². The molecule has 0 nitrogen and oxygen atoms in total. The Hall–Kier alpha value is -0.880. The summed E-state index contributed by atoms with van der Waals surface area (Å²) in [6.07, 6.45) is 0. The van der Waals surface area contributed by atoms with Crippen LogP contribution in [0.3, 0.4) is 0 Å². The van der Waals surface area contributed by atoms with E-state index in [1.165, 1.54) is 19.8 Å². The van der Waals surface area contributed by atoms with Crippen LogP contribution in [0.1, 0.15) is 38.8 Å². The molecule has 0 unspecified atom stereocenters. The van der Waals surface area contributed by atoms with E-state index in [9.17, 15) is 0 Å². The Morgan fingerprint density at radius 1 is 0.514 bits per heavy atom. The van der Waals surface area contributed by atoms with E-state index in [0.717, 1.165) is 7.87 Å². The number of rotatable bonds is 6. The van der Waals surface area contributed by atoms with Gasteiger partial charge in [-0.2, -0.15) is 0 Å². The van der Waals surface area contributed by atoms with Crippen LogP contribution >= 0.6 is 0 Å². The fraction of sp³-hybridized carbons (Fsp3) is 0.250. The first-order valence-corrected chi connectivity index (χ1v) is 20.9. The first-order valence-electron chi connectivity index (χ1n) is 12.2.